The van der Waals surface area contributed by atoms with Gasteiger partial charge in [0, 0.05) is 16.6 Å². The molecule has 3 nitrogen and oxygen atoms in total. The second-order valence-corrected chi connectivity index (χ2v) is 4.72. The molecule has 1 unspecified atom stereocenters. The standard InChI is InChI=1S/C13H16Cl2N2O/c1-3-6-16-8-13(18)17-9(2)11-5-4-10(14)7-12(11)15/h3-5,7,9,16H,1,6,8H2,2H3,(H,17,18). The molecule has 1 atom stereocenters. The van der Waals surface area contributed by atoms with Crippen LogP contribution in [0, 0.1) is 0 Å². The van der Waals surface area contributed by atoms with Gasteiger partial charge < -0.3 is 10.6 Å². The molecule has 98 valence electrons. The van der Waals surface area contributed by atoms with Gasteiger partial charge in [-0.3, -0.25) is 4.79 Å². The molecule has 1 rings (SSSR count). The Balaban J connectivity index is 2.56. The lowest BCUT2D eigenvalue weighted by molar-refractivity contribution is -0.120. The Morgan fingerprint density at radius 2 is 2.22 bits per heavy atom. The van der Waals surface area contributed by atoms with Gasteiger partial charge in [0.05, 0.1) is 12.6 Å². The average molecular weight is 287 g/mol. The second-order valence-electron chi connectivity index (χ2n) is 3.87. The van der Waals surface area contributed by atoms with Crippen molar-refractivity contribution in [2.24, 2.45) is 0 Å². The molecule has 0 aliphatic carbocycles. The zero-order valence-electron chi connectivity index (χ0n) is 10.2. The van der Waals surface area contributed by atoms with Crippen molar-refractivity contribution in [3.05, 3.63) is 46.5 Å². The summed E-state index contributed by atoms with van der Waals surface area (Å²) in [4.78, 5) is 11.6. The molecule has 18 heavy (non-hydrogen) atoms. The largest absolute Gasteiger partial charge is 0.348 e. The second kappa shape index (κ2) is 7.41. The first kappa shape index (κ1) is 15.0. The number of hydrogen-bond donors (Lipinski definition) is 2. The van der Waals surface area contributed by atoms with Crippen LogP contribution in [-0.2, 0) is 4.79 Å². The van der Waals surface area contributed by atoms with E-state index in [0.29, 0.717) is 16.6 Å². The van der Waals surface area contributed by atoms with E-state index in [0.717, 1.165) is 5.56 Å². The van der Waals surface area contributed by atoms with Crippen LogP contribution in [0.15, 0.2) is 30.9 Å². The monoisotopic (exact) mass is 286 g/mol. The summed E-state index contributed by atoms with van der Waals surface area (Å²) in [5, 5.41) is 6.91. The minimum Gasteiger partial charge on any atom is -0.348 e. The lowest BCUT2D eigenvalue weighted by atomic mass is 10.1. The molecule has 2 N–H and O–H groups in total. The van der Waals surface area contributed by atoms with E-state index in [1.165, 1.54) is 0 Å². The number of benzene rings is 1. The first-order valence-electron chi connectivity index (χ1n) is 5.60. The zero-order valence-corrected chi connectivity index (χ0v) is 11.7. The Morgan fingerprint density at radius 1 is 1.50 bits per heavy atom. The van der Waals surface area contributed by atoms with Crippen LogP contribution >= 0.6 is 23.2 Å². The van der Waals surface area contributed by atoms with E-state index in [2.05, 4.69) is 17.2 Å². The molecule has 1 amide bonds. The Kier molecular flexibility index (Phi) is 6.19. The third-order valence-corrected chi connectivity index (χ3v) is 2.94. The highest BCUT2D eigenvalue weighted by Gasteiger charge is 2.12. The Bertz CT molecular complexity index is 435. The van der Waals surface area contributed by atoms with Gasteiger partial charge in [0.1, 0.15) is 0 Å². The minimum absolute atomic E-state index is 0.0876. The van der Waals surface area contributed by atoms with Crippen molar-refractivity contribution >= 4 is 29.1 Å². The van der Waals surface area contributed by atoms with E-state index in [-0.39, 0.29) is 18.5 Å². The van der Waals surface area contributed by atoms with Crippen LogP contribution in [0.2, 0.25) is 10.0 Å². The van der Waals surface area contributed by atoms with Crippen LogP contribution in [0.1, 0.15) is 18.5 Å². The third kappa shape index (κ3) is 4.69. The SMILES string of the molecule is C=CCNCC(=O)NC(C)c1ccc(Cl)cc1Cl. The first-order chi connectivity index (χ1) is 8.54. The molecule has 1 aromatic carbocycles. The molecule has 0 bridgehead atoms. The third-order valence-electron chi connectivity index (χ3n) is 2.38. The maximum atomic E-state index is 11.6. The van der Waals surface area contributed by atoms with Crippen molar-refractivity contribution in [2.45, 2.75) is 13.0 Å². The van der Waals surface area contributed by atoms with Gasteiger partial charge in [-0.15, -0.1) is 6.58 Å². The van der Waals surface area contributed by atoms with Crippen molar-refractivity contribution in [3.8, 4) is 0 Å². The van der Waals surface area contributed by atoms with E-state index in [4.69, 9.17) is 23.2 Å². The smallest absolute Gasteiger partial charge is 0.234 e. The average Bonchev–Trinajstić information content (AvgIpc) is 2.28. The maximum absolute atomic E-state index is 11.6. The van der Waals surface area contributed by atoms with Crippen molar-refractivity contribution in [2.75, 3.05) is 13.1 Å². The number of amides is 1. The fraction of sp³-hybridized carbons (Fsp3) is 0.308. The zero-order chi connectivity index (χ0) is 13.5. The fourth-order valence-corrected chi connectivity index (χ4v) is 2.08. The molecule has 0 aromatic heterocycles. The van der Waals surface area contributed by atoms with Gasteiger partial charge in [0.2, 0.25) is 5.91 Å². The molecule has 0 fully saturated rings. The van der Waals surface area contributed by atoms with Crippen LogP contribution in [0.4, 0.5) is 0 Å². The first-order valence-corrected chi connectivity index (χ1v) is 6.36. The van der Waals surface area contributed by atoms with Crippen molar-refractivity contribution in [3.63, 3.8) is 0 Å². The summed E-state index contributed by atoms with van der Waals surface area (Å²) in [6.07, 6.45) is 1.70. The van der Waals surface area contributed by atoms with E-state index in [9.17, 15) is 4.79 Å². The van der Waals surface area contributed by atoms with Crippen LogP contribution in [0.5, 0.6) is 0 Å². The Hall–Kier alpha value is -1.03. The predicted octanol–water partition coefficient (Wildman–Crippen LogP) is 2.95. The maximum Gasteiger partial charge on any atom is 0.234 e. The molecular weight excluding hydrogens is 271 g/mol. The van der Waals surface area contributed by atoms with Gasteiger partial charge in [-0.05, 0) is 24.6 Å². The number of hydrogen-bond acceptors (Lipinski definition) is 2. The number of nitrogens with one attached hydrogen (secondary N) is 2. The molecule has 0 aliphatic rings. The summed E-state index contributed by atoms with van der Waals surface area (Å²) in [7, 11) is 0. The van der Waals surface area contributed by atoms with Crippen LogP contribution < -0.4 is 10.6 Å². The molecule has 5 heteroatoms. The minimum atomic E-state index is -0.159. The topological polar surface area (TPSA) is 41.1 Å². The summed E-state index contributed by atoms with van der Waals surface area (Å²) in [6.45, 7) is 6.29. The highest BCUT2D eigenvalue weighted by atomic mass is 35.5. The normalized spacial score (nSPS) is 11.9. The molecule has 0 radical (unpaired) electrons. The lowest BCUT2D eigenvalue weighted by Gasteiger charge is -2.16. The van der Waals surface area contributed by atoms with Gasteiger partial charge in [-0.1, -0.05) is 35.3 Å². The summed E-state index contributed by atoms with van der Waals surface area (Å²) in [6, 6.07) is 5.07. The van der Waals surface area contributed by atoms with Gasteiger partial charge in [-0.2, -0.15) is 0 Å². The summed E-state index contributed by atoms with van der Waals surface area (Å²) in [5.41, 5.74) is 0.845. The highest BCUT2D eigenvalue weighted by molar-refractivity contribution is 6.35. The van der Waals surface area contributed by atoms with Crippen molar-refractivity contribution in [1.29, 1.82) is 0 Å². The number of halogens is 2. The molecule has 0 aliphatic heterocycles. The molecule has 0 saturated heterocycles. The van der Waals surface area contributed by atoms with Gasteiger partial charge in [0.25, 0.3) is 0 Å². The fourth-order valence-electron chi connectivity index (χ4n) is 1.51. The van der Waals surface area contributed by atoms with E-state index in [1.54, 1.807) is 18.2 Å². The Morgan fingerprint density at radius 3 is 2.83 bits per heavy atom. The lowest BCUT2D eigenvalue weighted by Crippen LogP contribution is -2.35. The molecule has 0 saturated carbocycles. The van der Waals surface area contributed by atoms with E-state index >= 15 is 0 Å². The summed E-state index contributed by atoms with van der Waals surface area (Å²) in [5.74, 6) is -0.0876. The number of rotatable bonds is 6. The quantitative estimate of drug-likeness (QED) is 0.624. The van der Waals surface area contributed by atoms with Gasteiger partial charge in [-0.25, -0.2) is 0 Å². The van der Waals surface area contributed by atoms with Gasteiger partial charge in [0.15, 0.2) is 0 Å². The van der Waals surface area contributed by atoms with Crippen LogP contribution in [0.25, 0.3) is 0 Å². The molecule has 0 spiro atoms. The molecule has 1 aromatic rings. The predicted molar refractivity (Wildman–Crippen MR) is 76.1 cm³/mol. The summed E-state index contributed by atoms with van der Waals surface area (Å²) >= 11 is 11.9. The Labute approximate surface area is 117 Å². The van der Waals surface area contributed by atoms with Crippen molar-refractivity contribution in [1.82, 2.24) is 10.6 Å². The van der Waals surface area contributed by atoms with E-state index in [1.807, 2.05) is 13.0 Å². The van der Waals surface area contributed by atoms with E-state index < -0.39 is 0 Å². The van der Waals surface area contributed by atoms with Crippen molar-refractivity contribution < 1.29 is 4.79 Å². The van der Waals surface area contributed by atoms with Gasteiger partial charge >= 0.3 is 0 Å². The molecular formula is C13H16Cl2N2O. The van der Waals surface area contributed by atoms with Crippen LogP contribution in [-0.4, -0.2) is 19.0 Å². The number of carbonyl (C=O) groups excluding carboxylic acids is 1. The summed E-state index contributed by atoms with van der Waals surface area (Å²) < 4.78 is 0. The highest BCUT2D eigenvalue weighted by Crippen LogP contribution is 2.25. The number of carbonyl (C=O) groups is 1. The van der Waals surface area contributed by atoms with Crippen LogP contribution in [0.3, 0.4) is 0 Å². The molecule has 0 heterocycles.